The molecule has 1 N–H and O–H groups in total. The molecule has 0 aliphatic heterocycles. The first-order valence-electron chi connectivity index (χ1n) is 32.8. The minimum absolute atomic E-state index is 0.0405. The summed E-state index contributed by atoms with van der Waals surface area (Å²) >= 11 is 0. The Labute approximate surface area is 401 Å². The fourth-order valence-electron chi connectivity index (χ4n) is 7.53. The van der Waals surface area contributed by atoms with Crippen LogP contribution in [0.3, 0.4) is 0 Å². The molecule has 8 rings (SSSR count). The highest BCUT2D eigenvalue weighted by Gasteiger charge is 2.29. The third-order valence-electron chi connectivity index (χ3n) is 10.6. The molecular formula is C57H59N3O. The lowest BCUT2D eigenvalue weighted by atomic mass is 9.79. The van der Waals surface area contributed by atoms with Crippen LogP contribution in [0.4, 0.5) is 0 Å². The van der Waals surface area contributed by atoms with Crippen molar-refractivity contribution in [2.24, 2.45) is 0 Å². The summed E-state index contributed by atoms with van der Waals surface area (Å²) in [6.45, 7) is -28.0. The Bertz CT molecular complexity index is 3850. The number of benzene rings is 6. The maximum Gasteiger partial charge on any atom is 0.149 e. The molecule has 0 atom stereocenters. The van der Waals surface area contributed by atoms with Crippen LogP contribution in [-0.2, 0) is 16.2 Å². The summed E-state index contributed by atoms with van der Waals surface area (Å²) in [4.78, 5) is 9.65. The molecule has 0 fully saturated rings. The number of hydrogen-bond acceptors (Lipinski definition) is 3. The predicted molar refractivity (Wildman–Crippen MR) is 258 cm³/mol. The third-order valence-corrected chi connectivity index (χ3v) is 10.6. The van der Waals surface area contributed by atoms with Gasteiger partial charge in [0.2, 0.25) is 0 Å². The highest BCUT2D eigenvalue weighted by Crippen LogP contribution is 2.45. The van der Waals surface area contributed by atoms with Gasteiger partial charge in [0.25, 0.3) is 0 Å². The van der Waals surface area contributed by atoms with Gasteiger partial charge in [-0.2, -0.15) is 0 Å². The topological polar surface area (TPSA) is 50.9 Å². The van der Waals surface area contributed by atoms with E-state index in [0.717, 1.165) is 10.6 Å². The first-order chi connectivity index (χ1) is 39.9. The summed E-state index contributed by atoms with van der Waals surface area (Å²) < 4.78 is 234. The second-order valence-corrected chi connectivity index (χ2v) is 16.2. The van der Waals surface area contributed by atoms with Gasteiger partial charge >= 0.3 is 0 Å². The van der Waals surface area contributed by atoms with E-state index in [-0.39, 0.29) is 45.0 Å². The molecule has 0 aliphatic carbocycles. The van der Waals surface area contributed by atoms with E-state index in [4.69, 9.17) is 42.0 Å². The molecule has 4 heteroatoms. The number of phenols is 1. The van der Waals surface area contributed by atoms with Crippen molar-refractivity contribution in [2.75, 3.05) is 0 Å². The molecule has 0 amide bonds. The number of nitrogens with zero attached hydrogens (tertiary/aromatic N) is 3. The molecule has 0 aliphatic rings. The van der Waals surface area contributed by atoms with Crippen LogP contribution in [0.2, 0.25) is 0 Å². The van der Waals surface area contributed by atoms with Crippen molar-refractivity contribution in [3.05, 3.63) is 167 Å². The molecule has 0 radical (unpaired) electrons. The van der Waals surface area contributed by atoms with E-state index < -0.39 is 112 Å². The van der Waals surface area contributed by atoms with E-state index in [1.54, 1.807) is 60.7 Å². The van der Waals surface area contributed by atoms with Crippen molar-refractivity contribution in [1.82, 2.24) is 14.5 Å². The van der Waals surface area contributed by atoms with Crippen molar-refractivity contribution in [2.45, 2.75) is 98.7 Å². The molecule has 0 spiro atoms. The van der Waals surface area contributed by atoms with E-state index in [1.165, 1.54) is 48.7 Å². The molecular weight excluding hydrogens is 743 g/mol. The Balaban J connectivity index is 1.58. The van der Waals surface area contributed by atoms with Gasteiger partial charge in [0, 0.05) is 59.9 Å². The van der Waals surface area contributed by atoms with Gasteiger partial charge in [-0.3, -0.25) is 9.55 Å². The zero-order valence-corrected chi connectivity index (χ0v) is 33.5. The highest BCUT2D eigenvalue weighted by molar-refractivity contribution is 5.97. The fraction of sp³-hybridized carbons (Fsp3) is 0.263. The van der Waals surface area contributed by atoms with Gasteiger partial charge in [-0.15, -0.1) is 0 Å². The van der Waals surface area contributed by atoms with E-state index >= 15 is 0 Å². The van der Waals surface area contributed by atoms with Gasteiger partial charge in [0.05, 0.1) is 28.0 Å². The molecule has 2 aromatic heterocycles. The molecule has 4 nitrogen and oxygen atoms in total. The minimum atomic E-state index is -4.28. The Hall–Kier alpha value is -6.26. The van der Waals surface area contributed by atoms with Crippen LogP contribution >= 0.6 is 0 Å². The first-order valence-corrected chi connectivity index (χ1v) is 19.3. The molecule has 0 unspecified atom stereocenters. The SMILES string of the molecule is [2H]C([2H])([2H])c1cc(-c2ccnc(-c3cc(-c4cccc5c4nc(-c4cc(C(C([2H])([2H])[2H])(C([2H])([2H])[2H])C([2H])([2H])[2H])cc(C(C([2H])([2H])[2H])(C([2H])([2H])[2H])C([2H])([2H])[2H])c4O)n5-c4ccc(-c5ccccc5)cc4C([2H])([2H])[2H])cc(C(C)(C)C)c3)c2)cc(C([2H])([2H])[2H])c1. The number of hydrogen-bond donors (Lipinski definition) is 1. The largest absolute Gasteiger partial charge is 0.507 e. The van der Waals surface area contributed by atoms with Gasteiger partial charge in [0.15, 0.2) is 0 Å². The highest BCUT2D eigenvalue weighted by atomic mass is 16.3. The maximum atomic E-state index is 13.0. The van der Waals surface area contributed by atoms with Gasteiger partial charge in [0.1, 0.15) is 11.6 Å². The Morgan fingerprint density at radius 1 is 0.541 bits per heavy atom. The van der Waals surface area contributed by atoms with Crippen molar-refractivity contribution in [3.8, 4) is 67.5 Å². The normalized spacial score (nSPS) is 20.7. The zero-order chi connectivity index (χ0) is 66.1. The first kappa shape index (κ1) is 20.1. The number of rotatable bonds is 6. The van der Waals surface area contributed by atoms with Crippen molar-refractivity contribution < 1.29 is 42.1 Å². The average Bonchev–Trinajstić information content (AvgIpc) is 0.793. The van der Waals surface area contributed by atoms with Crippen LogP contribution in [0.15, 0.2) is 134 Å². The van der Waals surface area contributed by atoms with E-state index in [0.29, 0.717) is 45.1 Å². The van der Waals surface area contributed by atoms with E-state index in [2.05, 4.69) is 4.98 Å². The smallest absolute Gasteiger partial charge is 0.149 e. The summed E-state index contributed by atoms with van der Waals surface area (Å²) in [6.07, 6.45) is 1.44. The second-order valence-electron chi connectivity index (χ2n) is 16.2. The van der Waals surface area contributed by atoms with Crippen molar-refractivity contribution in [1.29, 1.82) is 0 Å². The molecule has 308 valence electrons. The number of pyridine rings is 1. The second kappa shape index (κ2) is 15.3. The van der Waals surface area contributed by atoms with Gasteiger partial charge in [-0.1, -0.05) is 152 Å². The lowest BCUT2D eigenvalue weighted by Crippen LogP contribution is -2.17. The standard InChI is InChI=1S/C57H59N3O/c1-35-25-36(2)27-41(26-35)40-23-24-58-49(32-40)43-29-42(30-44(31-43)55(4,5)6)46-19-16-20-51-52(46)59-54(47-33-45(56(7,8)9)34-48(53(47)61)57(10,11)12)60(51)50-22-21-39(28-37(50)3)38-17-14-13-15-18-38/h13-34,61H,1-12H3/i1D3,2D3,3D3,7D3,8D3,9D3,10D3,11D3,12D3. The lowest BCUT2D eigenvalue weighted by molar-refractivity contribution is 0.446. The van der Waals surface area contributed by atoms with E-state index in [1.807, 2.05) is 26.8 Å². The molecule has 2 heterocycles. The van der Waals surface area contributed by atoms with E-state index in [9.17, 15) is 5.11 Å². The van der Waals surface area contributed by atoms with Crippen LogP contribution in [0.1, 0.15) is 132 Å². The molecule has 0 bridgehead atoms. The average molecular weight is 829 g/mol. The number of imidazole rings is 1. The summed E-state index contributed by atoms with van der Waals surface area (Å²) in [7, 11) is 0. The van der Waals surface area contributed by atoms with Crippen LogP contribution in [-0.4, -0.2) is 19.6 Å². The quantitative estimate of drug-likeness (QED) is 0.182. The number of aryl methyl sites for hydroxylation is 3. The van der Waals surface area contributed by atoms with Crippen LogP contribution in [0.25, 0.3) is 72.7 Å². The van der Waals surface area contributed by atoms with Crippen molar-refractivity contribution in [3.63, 3.8) is 0 Å². The summed E-state index contributed by atoms with van der Waals surface area (Å²) in [6, 6.07) is 30.4. The zero-order valence-electron chi connectivity index (χ0n) is 60.5. The number of phenolic OH excluding ortho intramolecular Hbond substituents is 1. The summed E-state index contributed by atoms with van der Waals surface area (Å²) in [5.74, 6) is -2.26. The predicted octanol–water partition coefficient (Wildman–Crippen LogP) is 15.3. The van der Waals surface area contributed by atoms with Crippen LogP contribution in [0.5, 0.6) is 5.75 Å². The minimum Gasteiger partial charge on any atom is -0.507 e. The monoisotopic (exact) mass is 829 g/mol. The van der Waals surface area contributed by atoms with Crippen LogP contribution < -0.4 is 0 Å². The van der Waals surface area contributed by atoms with Gasteiger partial charge < -0.3 is 5.11 Å². The fourth-order valence-corrected chi connectivity index (χ4v) is 7.53. The number of aromatic nitrogens is 3. The molecule has 6 aromatic carbocycles. The molecule has 61 heavy (non-hydrogen) atoms. The number of aromatic hydroxyl groups is 1. The lowest BCUT2D eigenvalue weighted by Gasteiger charge is -2.27. The van der Waals surface area contributed by atoms with Crippen LogP contribution in [0, 0.1) is 20.6 Å². The van der Waals surface area contributed by atoms with Crippen molar-refractivity contribution >= 4 is 11.0 Å². The summed E-state index contributed by atoms with van der Waals surface area (Å²) in [5, 5.41) is 13.0. The Kier molecular flexibility index (Phi) is 5.05. The third kappa shape index (κ3) is 8.16. The maximum absolute atomic E-state index is 13.0. The number of para-hydroxylation sites is 1. The van der Waals surface area contributed by atoms with Gasteiger partial charge in [-0.25, -0.2) is 4.98 Å². The molecule has 8 aromatic rings. The molecule has 0 saturated carbocycles. The molecule has 0 saturated heterocycles. The van der Waals surface area contributed by atoms with Gasteiger partial charge in [-0.05, 0) is 130 Å². The number of fused-ring (bicyclic) bond motifs is 1. The Morgan fingerprint density at radius 2 is 1.26 bits per heavy atom. The Morgan fingerprint density at radius 3 is 1.97 bits per heavy atom. The summed E-state index contributed by atoms with van der Waals surface area (Å²) in [5.41, 5.74) is -10.8.